The van der Waals surface area contributed by atoms with Crippen molar-refractivity contribution in [2.75, 3.05) is 0 Å². The molecule has 0 spiro atoms. The van der Waals surface area contributed by atoms with Gasteiger partial charge in [-0.1, -0.05) is 0 Å². The Bertz CT molecular complexity index is 1090. The average molecular weight is 433 g/mol. The van der Waals surface area contributed by atoms with Crippen LogP contribution in [0.25, 0.3) is 17.6 Å². The van der Waals surface area contributed by atoms with Crippen molar-refractivity contribution in [3.63, 3.8) is 0 Å². The molecule has 3 aromatic rings. The van der Waals surface area contributed by atoms with Gasteiger partial charge >= 0.3 is 12.1 Å². The van der Waals surface area contributed by atoms with Crippen molar-refractivity contribution in [2.45, 2.75) is 32.5 Å². The van der Waals surface area contributed by atoms with Gasteiger partial charge in [-0.25, -0.2) is 24.4 Å². The molecular weight excluding hydrogens is 415 g/mol. The molecule has 0 aliphatic rings. The van der Waals surface area contributed by atoms with Gasteiger partial charge in [-0.3, -0.25) is 0 Å². The van der Waals surface area contributed by atoms with E-state index in [1.54, 1.807) is 13.8 Å². The fraction of sp³-hybridized carbons (Fsp3) is 0.250. The molecule has 1 N–H and O–H groups in total. The molecule has 0 unspecified atom stereocenters. The molecule has 0 fully saturated rings. The number of carboxylic acids is 1. The van der Waals surface area contributed by atoms with Gasteiger partial charge in [0.25, 0.3) is 0 Å². The Kier molecular flexibility index (Phi) is 6.33. The molecule has 1 aromatic carbocycles. The Labute approximate surface area is 175 Å². The van der Waals surface area contributed by atoms with Gasteiger partial charge in [-0.2, -0.15) is 13.2 Å². The summed E-state index contributed by atoms with van der Waals surface area (Å²) in [6, 6.07) is 3.22. The van der Waals surface area contributed by atoms with Gasteiger partial charge in [-0.15, -0.1) is 5.10 Å². The summed E-state index contributed by atoms with van der Waals surface area (Å²) in [6.07, 6.45) is 1.84. The van der Waals surface area contributed by atoms with Crippen LogP contribution in [0.3, 0.4) is 0 Å². The summed E-state index contributed by atoms with van der Waals surface area (Å²) < 4.78 is 46.4. The minimum Gasteiger partial charge on any atom is -0.491 e. The number of carboxylic acid groups (broad SMARTS) is 1. The van der Waals surface area contributed by atoms with E-state index in [1.165, 1.54) is 37.3 Å². The first kappa shape index (κ1) is 21.9. The number of benzene rings is 1. The van der Waals surface area contributed by atoms with Crippen LogP contribution >= 0.6 is 0 Å². The highest BCUT2D eigenvalue weighted by Crippen LogP contribution is 2.35. The number of aliphatic carboxylic acids is 1. The van der Waals surface area contributed by atoms with Crippen LogP contribution in [0.4, 0.5) is 13.2 Å². The third kappa shape index (κ3) is 5.87. The van der Waals surface area contributed by atoms with Crippen LogP contribution in [-0.4, -0.2) is 41.9 Å². The summed E-state index contributed by atoms with van der Waals surface area (Å²) in [4.78, 5) is 23.3. The van der Waals surface area contributed by atoms with Crippen LogP contribution in [0.2, 0.25) is 0 Å². The third-order valence-electron chi connectivity index (χ3n) is 3.94. The molecule has 0 bridgehead atoms. The molecule has 2 heterocycles. The summed E-state index contributed by atoms with van der Waals surface area (Å²) in [5, 5.41) is 13.6. The summed E-state index contributed by atoms with van der Waals surface area (Å²) in [5.41, 5.74) is -0.266. The molecule has 11 heteroatoms. The molecule has 0 saturated carbocycles. The molecule has 0 saturated heterocycles. The van der Waals surface area contributed by atoms with Crippen LogP contribution in [0.15, 0.2) is 48.8 Å². The molecule has 2 aromatic heterocycles. The lowest BCUT2D eigenvalue weighted by Gasteiger charge is -2.14. The molecule has 0 atom stereocenters. The van der Waals surface area contributed by atoms with Crippen LogP contribution in [-0.2, 0) is 17.4 Å². The second kappa shape index (κ2) is 8.94. The van der Waals surface area contributed by atoms with Crippen molar-refractivity contribution >= 4 is 12.2 Å². The maximum absolute atomic E-state index is 13.3. The van der Waals surface area contributed by atoms with Crippen molar-refractivity contribution in [2.24, 2.45) is 0 Å². The number of nitrogens with zero attached hydrogens (tertiary/aromatic N) is 5. The zero-order valence-corrected chi connectivity index (χ0v) is 16.5. The maximum atomic E-state index is 13.3. The summed E-state index contributed by atoms with van der Waals surface area (Å²) in [5.74, 6) is -1.17. The van der Waals surface area contributed by atoms with Gasteiger partial charge < -0.3 is 9.84 Å². The highest BCUT2D eigenvalue weighted by molar-refractivity contribution is 5.90. The highest BCUT2D eigenvalue weighted by atomic mass is 19.4. The van der Waals surface area contributed by atoms with Gasteiger partial charge in [0.2, 0.25) is 0 Å². The lowest BCUT2D eigenvalue weighted by atomic mass is 10.1. The van der Waals surface area contributed by atoms with Crippen LogP contribution in [0.1, 0.15) is 25.0 Å². The minimum absolute atomic E-state index is 0.0104. The predicted molar refractivity (Wildman–Crippen MR) is 104 cm³/mol. The van der Waals surface area contributed by atoms with E-state index in [2.05, 4.69) is 20.1 Å². The molecule has 0 amide bonds. The lowest BCUT2D eigenvalue weighted by molar-refractivity contribution is -0.137. The summed E-state index contributed by atoms with van der Waals surface area (Å²) >= 11 is 0. The quantitative estimate of drug-likeness (QED) is 0.567. The average Bonchev–Trinajstić information content (AvgIpc) is 3.15. The largest absolute Gasteiger partial charge is 0.491 e. The number of rotatable bonds is 7. The van der Waals surface area contributed by atoms with E-state index in [0.717, 1.165) is 16.8 Å². The number of hydrogen-bond donors (Lipinski definition) is 1. The van der Waals surface area contributed by atoms with E-state index in [9.17, 15) is 23.1 Å². The predicted octanol–water partition coefficient (Wildman–Crippen LogP) is 3.71. The molecule has 0 aliphatic heterocycles. The van der Waals surface area contributed by atoms with Crippen molar-refractivity contribution in [3.8, 4) is 17.1 Å². The second-order valence-corrected chi connectivity index (χ2v) is 6.84. The van der Waals surface area contributed by atoms with E-state index in [-0.39, 0.29) is 35.2 Å². The molecule has 0 aliphatic carbocycles. The first-order chi connectivity index (χ1) is 14.6. The lowest BCUT2D eigenvalue weighted by Crippen LogP contribution is -2.09. The van der Waals surface area contributed by atoms with E-state index in [0.29, 0.717) is 5.56 Å². The molecule has 0 radical (unpaired) electrons. The Morgan fingerprint density at radius 2 is 1.94 bits per heavy atom. The zero-order valence-electron chi connectivity index (χ0n) is 16.5. The van der Waals surface area contributed by atoms with E-state index in [1.807, 2.05) is 0 Å². The van der Waals surface area contributed by atoms with Crippen molar-refractivity contribution in [1.29, 1.82) is 0 Å². The Balaban J connectivity index is 1.95. The Morgan fingerprint density at radius 3 is 2.55 bits per heavy atom. The van der Waals surface area contributed by atoms with Gasteiger partial charge in [0.1, 0.15) is 18.4 Å². The van der Waals surface area contributed by atoms with E-state index >= 15 is 0 Å². The van der Waals surface area contributed by atoms with E-state index in [4.69, 9.17) is 4.74 Å². The number of halogens is 3. The van der Waals surface area contributed by atoms with Gasteiger partial charge in [0.15, 0.2) is 5.82 Å². The molecular formula is C20H18F3N5O3. The van der Waals surface area contributed by atoms with Crippen molar-refractivity contribution in [3.05, 3.63) is 59.9 Å². The van der Waals surface area contributed by atoms with Gasteiger partial charge in [0.05, 0.1) is 17.2 Å². The van der Waals surface area contributed by atoms with Crippen molar-refractivity contribution in [1.82, 2.24) is 24.7 Å². The Hall–Kier alpha value is -3.76. The normalized spacial score (nSPS) is 12.3. The zero-order chi connectivity index (χ0) is 22.6. The molecule has 31 heavy (non-hydrogen) atoms. The fourth-order valence-electron chi connectivity index (χ4n) is 2.68. The number of alkyl halides is 3. The van der Waals surface area contributed by atoms with Crippen LogP contribution in [0.5, 0.6) is 5.75 Å². The van der Waals surface area contributed by atoms with Gasteiger partial charge in [0, 0.05) is 30.6 Å². The number of hydrogen-bond acceptors (Lipinski definition) is 6. The molecule has 8 nitrogen and oxygen atoms in total. The van der Waals surface area contributed by atoms with Crippen LogP contribution < -0.4 is 4.74 Å². The first-order valence-electron chi connectivity index (χ1n) is 9.10. The minimum atomic E-state index is -4.58. The number of carbonyl (C=O) groups is 1. The summed E-state index contributed by atoms with van der Waals surface area (Å²) in [7, 11) is 0. The maximum Gasteiger partial charge on any atom is 0.416 e. The highest BCUT2D eigenvalue weighted by Gasteiger charge is 2.32. The Morgan fingerprint density at radius 1 is 1.23 bits per heavy atom. The topological polar surface area (TPSA) is 103 Å². The summed E-state index contributed by atoms with van der Waals surface area (Å²) in [6.45, 7) is 3.39. The number of aromatic nitrogens is 5. The molecule has 3 rings (SSSR count). The van der Waals surface area contributed by atoms with E-state index < -0.39 is 17.7 Å². The fourth-order valence-corrected chi connectivity index (χ4v) is 2.68. The van der Waals surface area contributed by atoms with Crippen molar-refractivity contribution < 1.29 is 27.8 Å². The van der Waals surface area contributed by atoms with Gasteiger partial charge in [-0.05, 0) is 37.6 Å². The number of ether oxygens (including phenoxy) is 1. The first-order valence-corrected chi connectivity index (χ1v) is 9.10. The standard InChI is InChI=1S/C20H18F3N5O3/c1-12(2)31-17-5-14(4-16(6-17)20(21,22)23)18-26-11-28(27-18)9-15(19(29)30)3-13-7-24-10-25-8-13/h4-12H,3H2,1-2H3,(H,29,30)/b15-9-. The second-order valence-electron chi connectivity index (χ2n) is 6.84. The van der Waals surface area contributed by atoms with Crippen LogP contribution in [0, 0.1) is 0 Å². The smallest absolute Gasteiger partial charge is 0.416 e. The monoisotopic (exact) mass is 433 g/mol. The molecule has 162 valence electrons. The SMILES string of the molecule is CC(C)Oc1cc(-c2ncn(/C=C(/Cc3cncnc3)C(=O)O)n2)cc(C(F)(F)F)c1. The third-order valence-corrected chi connectivity index (χ3v) is 3.94.